The monoisotopic (exact) mass is 346 g/mol. The van der Waals surface area contributed by atoms with E-state index in [-0.39, 0.29) is 18.4 Å². The largest absolute Gasteiger partial charge is 0.490 e. The van der Waals surface area contributed by atoms with Crippen molar-refractivity contribution < 1.29 is 27.4 Å². The Hall–Kier alpha value is -1.99. The molecule has 8 heteroatoms. The third-order valence-electron chi connectivity index (χ3n) is 3.49. The van der Waals surface area contributed by atoms with Crippen molar-refractivity contribution >= 4 is 6.09 Å². The number of pyridine rings is 1. The highest BCUT2D eigenvalue weighted by Gasteiger charge is 2.33. The highest BCUT2D eigenvalue weighted by atomic mass is 19.4. The normalized spacial score (nSPS) is 18.6. The van der Waals surface area contributed by atoms with E-state index in [1.807, 2.05) is 0 Å². The first-order valence-electron chi connectivity index (χ1n) is 7.71. The summed E-state index contributed by atoms with van der Waals surface area (Å²) < 4.78 is 48.8. The number of halogens is 3. The third-order valence-corrected chi connectivity index (χ3v) is 3.49. The zero-order chi connectivity index (χ0) is 18.0. The molecule has 1 aromatic heterocycles. The van der Waals surface area contributed by atoms with E-state index in [9.17, 15) is 18.0 Å². The lowest BCUT2D eigenvalue weighted by atomic mass is 10.2. The maximum absolute atomic E-state index is 12.7. The molecule has 1 saturated heterocycles. The van der Waals surface area contributed by atoms with Crippen molar-refractivity contribution in [3.05, 3.63) is 24.0 Å². The zero-order valence-electron chi connectivity index (χ0n) is 13.9. The maximum atomic E-state index is 12.7. The highest BCUT2D eigenvalue weighted by Crippen LogP contribution is 2.31. The lowest BCUT2D eigenvalue weighted by Gasteiger charge is -2.28. The molecule has 1 atom stereocenters. The van der Waals surface area contributed by atoms with Gasteiger partial charge in [0.25, 0.3) is 0 Å². The van der Waals surface area contributed by atoms with Gasteiger partial charge in [0, 0.05) is 12.7 Å². The number of alkyl halides is 3. The number of rotatable bonds is 3. The fraction of sp³-hybridized carbons (Fsp3) is 0.625. The molecule has 1 amide bonds. The van der Waals surface area contributed by atoms with Gasteiger partial charge in [0.05, 0.1) is 17.8 Å². The van der Waals surface area contributed by atoms with Crippen molar-refractivity contribution in [2.75, 3.05) is 13.2 Å². The Morgan fingerprint density at radius 1 is 1.33 bits per heavy atom. The van der Waals surface area contributed by atoms with E-state index in [0.29, 0.717) is 13.0 Å². The van der Waals surface area contributed by atoms with Crippen molar-refractivity contribution in [1.82, 2.24) is 9.88 Å². The number of nitrogens with zero attached hydrogens (tertiary/aromatic N) is 2. The summed E-state index contributed by atoms with van der Waals surface area (Å²) in [5.74, 6) is 0.0286. The Labute approximate surface area is 138 Å². The first-order chi connectivity index (χ1) is 11.1. The van der Waals surface area contributed by atoms with Crippen LogP contribution >= 0.6 is 0 Å². The standard InChI is InChI=1S/C16H21F3N2O3/c1-15(2,3)24-14(22)21-6-4-5-12(21)10-23-13-7-11(8-20-9-13)16(17,18)19/h7-9,12H,4-6,10H2,1-3H3/t12-/m0/s1. The maximum Gasteiger partial charge on any atom is 0.418 e. The van der Waals surface area contributed by atoms with Gasteiger partial charge in [-0.1, -0.05) is 0 Å². The van der Waals surface area contributed by atoms with Gasteiger partial charge < -0.3 is 14.4 Å². The summed E-state index contributed by atoms with van der Waals surface area (Å²) in [6.07, 6.45) is -1.42. The van der Waals surface area contributed by atoms with Gasteiger partial charge >= 0.3 is 12.3 Å². The predicted octanol–water partition coefficient (Wildman–Crippen LogP) is 3.88. The molecule has 1 aliphatic rings. The average Bonchev–Trinajstić information content (AvgIpc) is 2.91. The Morgan fingerprint density at radius 2 is 2.04 bits per heavy atom. The van der Waals surface area contributed by atoms with Crippen LogP contribution in [0.1, 0.15) is 39.2 Å². The Balaban J connectivity index is 1.97. The fourth-order valence-corrected chi connectivity index (χ4v) is 2.42. The Bertz CT molecular complexity index is 585. The summed E-state index contributed by atoms with van der Waals surface area (Å²) >= 11 is 0. The molecule has 5 nitrogen and oxygen atoms in total. The second-order valence-corrected chi connectivity index (χ2v) is 6.69. The Morgan fingerprint density at radius 3 is 2.67 bits per heavy atom. The van der Waals surface area contributed by atoms with Gasteiger partial charge in [0.15, 0.2) is 0 Å². The van der Waals surface area contributed by atoms with Gasteiger partial charge in [-0.15, -0.1) is 0 Å². The molecule has 0 unspecified atom stereocenters. The molecule has 0 saturated carbocycles. The molecule has 0 aliphatic carbocycles. The number of likely N-dealkylation sites (tertiary alicyclic amines) is 1. The van der Waals surface area contributed by atoms with E-state index in [2.05, 4.69) is 4.98 Å². The molecule has 134 valence electrons. The number of aromatic nitrogens is 1. The predicted molar refractivity (Wildman–Crippen MR) is 80.7 cm³/mol. The summed E-state index contributed by atoms with van der Waals surface area (Å²) in [6.45, 7) is 5.98. The molecule has 0 aromatic carbocycles. The number of hydrogen-bond donors (Lipinski definition) is 0. The van der Waals surface area contributed by atoms with E-state index in [0.717, 1.165) is 18.7 Å². The summed E-state index contributed by atoms with van der Waals surface area (Å²) in [5.41, 5.74) is -1.47. The van der Waals surface area contributed by atoms with Crippen molar-refractivity contribution in [3.8, 4) is 5.75 Å². The molecule has 1 fully saturated rings. The number of carbonyl (C=O) groups is 1. The van der Waals surface area contributed by atoms with Crippen molar-refractivity contribution in [3.63, 3.8) is 0 Å². The van der Waals surface area contributed by atoms with Crippen LogP contribution in [0.5, 0.6) is 5.75 Å². The zero-order valence-corrected chi connectivity index (χ0v) is 13.9. The fourth-order valence-electron chi connectivity index (χ4n) is 2.42. The topological polar surface area (TPSA) is 51.7 Å². The molecular weight excluding hydrogens is 325 g/mol. The molecule has 2 rings (SSSR count). The number of hydrogen-bond acceptors (Lipinski definition) is 4. The van der Waals surface area contributed by atoms with Crippen LogP contribution in [0.2, 0.25) is 0 Å². The molecule has 24 heavy (non-hydrogen) atoms. The van der Waals surface area contributed by atoms with Crippen LogP contribution in [0.3, 0.4) is 0 Å². The van der Waals surface area contributed by atoms with Crippen LogP contribution < -0.4 is 4.74 Å². The lowest BCUT2D eigenvalue weighted by molar-refractivity contribution is -0.137. The third kappa shape index (κ3) is 5.01. The van der Waals surface area contributed by atoms with Crippen LogP contribution in [0, 0.1) is 0 Å². The quantitative estimate of drug-likeness (QED) is 0.833. The van der Waals surface area contributed by atoms with Crippen LogP contribution in [-0.4, -0.2) is 40.8 Å². The molecule has 0 N–H and O–H groups in total. The summed E-state index contributed by atoms with van der Waals surface area (Å²) in [5, 5.41) is 0. The van der Waals surface area contributed by atoms with Gasteiger partial charge in [-0.2, -0.15) is 13.2 Å². The average molecular weight is 346 g/mol. The van der Waals surface area contributed by atoms with Gasteiger partial charge in [0.1, 0.15) is 18.0 Å². The Kier molecular flexibility index (Phi) is 5.25. The molecule has 1 aliphatic heterocycles. The number of amides is 1. The SMILES string of the molecule is CC(C)(C)OC(=O)N1CCC[C@H]1COc1cncc(C(F)(F)F)c1. The molecule has 1 aromatic rings. The van der Waals surface area contributed by atoms with E-state index in [1.165, 1.54) is 6.20 Å². The van der Waals surface area contributed by atoms with Crippen molar-refractivity contribution in [2.24, 2.45) is 0 Å². The van der Waals surface area contributed by atoms with Crippen LogP contribution in [0.4, 0.5) is 18.0 Å². The molecule has 0 bridgehead atoms. The minimum Gasteiger partial charge on any atom is -0.490 e. The number of ether oxygens (including phenoxy) is 2. The van der Waals surface area contributed by atoms with Gasteiger partial charge in [-0.3, -0.25) is 4.98 Å². The van der Waals surface area contributed by atoms with Crippen molar-refractivity contribution in [1.29, 1.82) is 0 Å². The smallest absolute Gasteiger partial charge is 0.418 e. The van der Waals surface area contributed by atoms with Gasteiger partial charge in [0.2, 0.25) is 0 Å². The second-order valence-electron chi connectivity index (χ2n) is 6.69. The van der Waals surface area contributed by atoms with Gasteiger partial charge in [-0.25, -0.2) is 4.79 Å². The minimum atomic E-state index is -4.47. The van der Waals surface area contributed by atoms with Crippen LogP contribution in [-0.2, 0) is 10.9 Å². The summed E-state index contributed by atoms with van der Waals surface area (Å²) in [7, 11) is 0. The summed E-state index contributed by atoms with van der Waals surface area (Å²) in [6, 6.07) is 0.675. The van der Waals surface area contributed by atoms with Gasteiger partial charge in [-0.05, 0) is 39.7 Å². The van der Waals surface area contributed by atoms with Crippen LogP contribution in [0.15, 0.2) is 18.5 Å². The first kappa shape index (κ1) is 18.4. The lowest BCUT2D eigenvalue weighted by Crippen LogP contribution is -2.42. The van der Waals surface area contributed by atoms with E-state index < -0.39 is 23.4 Å². The first-order valence-corrected chi connectivity index (χ1v) is 7.71. The minimum absolute atomic E-state index is 0.0286. The number of carbonyl (C=O) groups excluding carboxylic acids is 1. The van der Waals surface area contributed by atoms with E-state index >= 15 is 0 Å². The molecular formula is C16H21F3N2O3. The van der Waals surface area contributed by atoms with E-state index in [4.69, 9.17) is 9.47 Å². The molecule has 0 spiro atoms. The highest BCUT2D eigenvalue weighted by molar-refractivity contribution is 5.69. The van der Waals surface area contributed by atoms with Crippen molar-refractivity contribution in [2.45, 2.75) is 51.4 Å². The summed E-state index contributed by atoms with van der Waals surface area (Å²) in [4.78, 5) is 17.3. The van der Waals surface area contributed by atoms with E-state index in [1.54, 1.807) is 25.7 Å². The molecule has 0 radical (unpaired) electrons. The van der Waals surface area contributed by atoms with Crippen LogP contribution in [0.25, 0.3) is 0 Å². The second kappa shape index (κ2) is 6.86. The molecule has 2 heterocycles.